The highest BCUT2D eigenvalue weighted by atomic mass is 32.2. The second-order valence-electron chi connectivity index (χ2n) is 8.16. The van der Waals surface area contributed by atoms with Crippen LogP contribution in [0, 0.1) is 0 Å². The van der Waals surface area contributed by atoms with Gasteiger partial charge >= 0.3 is 0 Å². The first-order valence-electron chi connectivity index (χ1n) is 11.0. The van der Waals surface area contributed by atoms with Crippen molar-refractivity contribution in [2.45, 2.75) is 28.7 Å². The van der Waals surface area contributed by atoms with E-state index in [0.717, 1.165) is 12.0 Å². The molecule has 0 aromatic heterocycles. The molecule has 0 aliphatic carbocycles. The second-order valence-corrected chi connectivity index (χ2v) is 12.0. The standard InChI is InChI=1S/C22H26N2O7S2/c25-32(26,23-10-12-29-13-11-23)18-4-6-19(7-5-18)33(27,28)24-9-1-2-20(24)17-3-8-21-22(16-17)31-15-14-30-21/h3-8,16,20H,1-2,9-15H2/t20-/m0/s1. The Bertz CT molecular complexity index is 1220. The Morgan fingerprint density at radius 3 is 2.06 bits per heavy atom. The van der Waals surface area contributed by atoms with Crippen molar-refractivity contribution in [3.63, 3.8) is 0 Å². The highest BCUT2D eigenvalue weighted by Gasteiger charge is 2.37. The van der Waals surface area contributed by atoms with Crippen LogP contribution in [0.4, 0.5) is 0 Å². The van der Waals surface area contributed by atoms with E-state index in [2.05, 4.69) is 0 Å². The Kier molecular flexibility index (Phi) is 6.08. The van der Waals surface area contributed by atoms with Crippen LogP contribution in [0.3, 0.4) is 0 Å². The maximum Gasteiger partial charge on any atom is 0.243 e. The molecule has 3 heterocycles. The van der Waals surface area contributed by atoms with E-state index in [0.29, 0.717) is 50.9 Å². The van der Waals surface area contributed by atoms with Gasteiger partial charge in [-0.15, -0.1) is 0 Å². The molecule has 0 spiro atoms. The van der Waals surface area contributed by atoms with E-state index >= 15 is 0 Å². The number of hydrogen-bond donors (Lipinski definition) is 0. The van der Waals surface area contributed by atoms with Gasteiger partial charge in [0.05, 0.1) is 29.0 Å². The maximum atomic E-state index is 13.5. The van der Waals surface area contributed by atoms with E-state index in [4.69, 9.17) is 14.2 Å². The van der Waals surface area contributed by atoms with Gasteiger partial charge in [0, 0.05) is 19.6 Å². The van der Waals surface area contributed by atoms with Crippen molar-refractivity contribution in [3.8, 4) is 11.5 Å². The molecule has 3 aliphatic heterocycles. The maximum absolute atomic E-state index is 13.5. The van der Waals surface area contributed by atoms with Crippen molar-refractivity contribution >= 4 is 20.0 Å². The van der Waals surface area contributed by atoms with Crippen LogP contribution >= 0.6 is 0 Å². The Morgan fingerprint density at radius 1 is 0.727 bits per heavy atom. The summed E-state index contributed by atoms with van der Waals surface area (Å²) in [6, 6.07) is 10.7. The molecule has 0 radical (unpaired) electrons. The molecular formula is C22H26N2O7S2. The largest absolute Gasteiger partial charge is 0.486 e. The summed E-state index contributed by atoms with van der Waals surface area (Å²) in [6.45, 7) is 2.62. The highest BCUT2D eigenvalue weighted by molar-refractivity contribution is 7.89. The molecule has 0 amide bonds. The van der Waals surface area contributed by atoms with E-state index in [9.17, 15) is 16.8 Å². The predicted octanol–water partition coefficient (Wildman–Crippen LogP) is 2.00. The Labute approximate surface area is 194 Å². The third-order valence-corrected chi connectivity index (χ3v) is 10.0. The van der Waals surface area contributed by atoms with Gasteiger partial charge in [-0.1, -0.05) is 6.07 Å². The average Bonchev–Trinajstić information content (AvgIpc) is 3.35. The SMILES string of the molecule is O=S(=O)(c1ccc(S(=O)(=O)N2CCC[C@H]2c2ccc3c(c2)OCCO3)cc1)N1CCOCC1. The molecule has 0 bridgehead atoms. The van der Waals surface area contributed by atoms with E-state index < -0.39 is 20.0 Å². The van der Waals surface area contributed by atoms with Gasteiger partial charge < -0.3 is 14.2 Å². The van der Waals surface area contributed by atoms with Crippen molar-refractivity contribution in [1.29, 1.82) is 0 Å². The van der Waals surface area contributed by atoms with Gasteiger partial charge in [-0.05, 0) is 54.8 Å². The number of ether oxygens (including phenoxy) is 3. The van der Waals surface area contributed by atoms with Crippen LogP contribution in [0.1, 0.15) is 24.4 Å². The summed E-state index contributed by atoms with van der Waals surface area (Å²) in [7, 11) is -7.50. The van der Waals surface area contributed by atoms with Gasteiger partial charge in [0.1, 0.15) is 13.2 Å². The minimum atomic E-state index is -3.81. The van der Waals surface area contributed by atoms with Crippen LogP contribution in [-0.2, 0) is 24.8 Å². The van der Waals surface area contributed by atoms with Crippen molar-refractivity contribution in [2.24, 2.45) is 0 Å². The lowest BCUT2D eigenvalue weighted by Crippen LogP contribution is -2.40. The molecule has 2 fully saturated rings. The quantitative estimate of drug-likeness (QED) is 0.626. The van der Waals surface area contributed by atoms with E-state index in [-0.39, 0.29) is 28.9 Å². The Balaban J connectivity index is 1.40. The number of rotatable bonds is 5. The molecule has 3 aliphatic rings. The van der Waals surface area contributed by atoms with Crippen LogP contribution in [0.25, 0.3) is 0 Å². The molecule has 0 N–H and O–H groups in total. The predicted molar refractivity (Wildman–Crippen MR) is 119 cm³/mol. The second kappa shape index (κ2) is 8.88. The molecule has 11 heteroatoms. The molecule has 0 saturated carbocycles. The number of hydrogen-bond acceptors (Lipinski definition) is 7. The smallest absolute Gasteiger partial charge is 0.243 e. The van der Waals surface area contributed by atoms with Crippen LogP contribution in [0.5, 0.6) is 11.5 Å². The van der Waals surface area contributed by atoms with Crippen molar-refractivity contribution in [3.05, 3.63) is 48.0 Å². The number of fused-ring (bicyclic) bond motifs is 1. The first-order chi connectivity index (χ1) is 15.9. The summed E-state index contributed by atoms with van der Waals surface area (Å²) >= 11 is 0. The molecule has 33 heavy (non-hydrogen) atoms. The fourth-order valence-electron chi connectivity index (χ4n) is 4.48. The minimum Gasteiger partial charge on any atom is -0.486 e. The van der Waals surface area contributed by atoms with E-state index in [1.807, 2.05) is 18.2 Å². The zero-order valence-electron chi connectivity index (χ0n) is 18.1. The van der Waals surface area contributed by atoms with Crippen LogP contribution < -0.4 is 9.47 Å². The molecule has 2 aromatic carbocycles. The normalized spacial score (nSPS) is 22.4. The summed E-state index contributed by atoms with van der Waals surface area (Å²) in [5.41, 5.74) is 0.854. The highest BCUT2D eigenvalue weighted by Crippen LogP contribution is 2.40. The van der Waals surface area contributed by atoms with Gasteiger partial charge in [-0.3, -0.25) is 0 Å². The fourth-order valence-corrected chi connectivity index (χ4v) is 7.57. The molecule has 9 nitrogen and oxygen atoms in total. The van der Waals surface area contributed by atoms with Crippen molar-refractivity contribution in [1.82, 2.24) is 8.61 Å². The van der Waals surface area contributed by atoms with Crippen molar-refractivity contribution < 1.29 is 31.0 Å². The molecule has 0 unspecified atom stereocenters. The number of sulfonamides is 2. The van der Waals surface area contributed by atoms with Crippen LogP contribution in [-0.4, -0.2) is 71.5 Å². The number of nitrogens with zero attached hydrogens (tertiary/aromatic N) is 2. The molecule has 2 saturated heterocycles. The van der Waals surface area contributed by atoms with Gasteiger partial charge in [-0.2, -0.15) is 8.61 Å². The van der Waals surface area contributed by atoms with Gasteiger partial charge in [0.2, 0.25) is 20.0 Å². The van der Waals surface area contributed by atoms with Gasteiger partial charge in [0.15, 0.2) is 11.5 Å². The monoisotopic (exact) mass is 494 g/mol. The third kappa shape index (κ3) is 4.24. The van der Waals surface area contributed by atoms with Gasteiger partial charge in [-0.25, -0.2) is 16.8 Å². The topological polar surface area (TPSA) is 102 Å². The lowest BCUT2D eigenvalue weighted by molar-refractivity contribution is 0.0730. The van der Waals surface area contributed by atoms with E-state index in [1.165, 1.54) is 32.9 Å². The first kappa shape index (κ1) is 22.6. The summed E-state index contributed by atoms with van der Waals surface area (Å²) in [4.78, 5) is 0.154. The first-order valence-corrected chi connectivity index (χ1v) is 13.8. The lowest BCUT2D eigenvalue weighted by Gasteiger charge is -2.27. The van der Waals surface area contributed by atoms with Crippen molar-refractivity contribution in [2.75, 3.05) is 46.1 Å². The zero-order valence-corrected chi connectivity index (χ0v) is 19.7. The van der Waals surface area contributed by atoms with Gasteiger partial charge in [0.25, 0.3) is 0 Å². The lowest BCUT2D eigenvalue weighted by atomic mass is 10.0. The summed E-state index contributed by atoms with van der Waals surface area (Å²) in [5.74, 6) is 1.29. The third-order valence-electron chi connectivity index (χ3n) is 6.19. The fraction of sp³-hybridized carbons (Fsp3) is 0.455. The van der Waals surface area contributed by atoms with Crippen LogP contribution in [0.2, 0.25) is 0 Å². The summed E-state index contributed by atoms with van der Waals surface area (Å²) < 4.78 is 71.9. The summed E-state index contributed by atoms with van der Waals surface area (Å²) in [5, 5.41) is 0. The number of benzene rings is 2. The minimum absolute atomic E-state index is 0.0767. The molecule has 1 atom stereocenters. The molecule has 178 valence electrons. The Morgan fingerprint density at radius 2 is 1.36 bits per heavy atom. The molecular weight excluding hydrogens is 468 g/mol. The summed E-state index contributed by atoms with van der Waals surface area (Å²) in [6.07, 6.45) is 1.43. The number of morpholine rings is 1. The molecule has 5 rings (SSSR count). The average molecular weight is 495 g/mol. The van der Waals surface area contributed by atoms with E-state index in [1.54, 1.807) is 0 Å². The molecule has 2 aromatic rings. The van der Waals surface area contributed by atoms with Crippen LogP contribution in [0.15, 0.2) is 52.3 Å². The Hall–Kier alpha value is -2.18. The zero-order chi connectivity index (χ0) is 23.1.